The maximum atomic E-state index is 12.8. The van der Waals surface area contributed by atoms with Crippen LogP contribution in [0, 0.1) is 13.8 Å². The highest BCUT2D eigenvalue weighted by Gasteiger charge is 2.15. The number of anilines is 1. The summed E-state index contributed by atoms with van der Waals surface area (Å²) in [5, 5.41) is 16.7. The molecule has 2 aromatic carbocycles. The van der Waals surface area contributed by atoms with E-state index in [1.165, 1.54) is 11.1 Å². The quantitative estimate of drug-likeness (QED) is 0.594. The zero-order valence-corrected chi connectivity index (χ0v) is 14.3. The first kappa shape index (κ1) is 15.9. The molecule has 0 bridgehead atoms. The number of carbonyl (C=O) groups is 1. The highest BCUT2D eigenvalue weighted by Crippen LogP contribution is 2.26. The average Bonchev–Trinajstić information content (AvgIpc) is 3.16. The van der Waals surface area contributed by atoms with Gasteiger partial charge in [-0.3, -0.25) is 10.1 Å². The number of nitrogens with zero attached hydrogens (tertiary/aromatic N) is 4. The second kappa shape index (κ2) is 6.36. The van der Waals surface area contributed by atoms with Crippen molar-refractivity contribution in [1.82, 2.24) is 25.6 Å². The van der Waals surface area contributed by atoms with Crippen molar-refractivity contribution in [2.45, 2.75) is 13.8 Å². The van der Waals surface area contributed by atoms with E-state index in [2.05, 4.69) is 51.9 Å². The van der Waals surface area contributed by atoms with Crippen molar-refractivity contribution in [1.29, 1.82) is 0 Å². The first-order valence-electron chi connectivity index (χ1n) is 8.14. The van der Waals surface area contributed by atoms with Crippen molar-refractivity contribution < 1.29 is 4.79 Å². The largest absolute Gasteiger partial charge is 0.288 e. The summed E-state index contributed by atoms with van der Waals surface area (Å²) in [6, 6.07) is 15.5. The van der Waals surface area contributed by atoms with Crippen molar-refractivity contribution in [2.24, 2.45) is 0 Å². The topological polar surface area (TPSA) is 96.5 Å². The molecule has 0 saturated heterocycles. The highest BCUT2D eigenvalue weighted by atomic mass is 16.1. The predicted molar refractivity (Wildman–Crippen MR) is 98.8 cm³/mol. The Morgan fingerprint density at radius 1 is 1.04 bits per heavy atom. The Labute approximate surface area is 149 Å². The minimum atomic E-state index is -0.310. The Morgan fingerprint density at radius 2 is 1.88 bits per heavy atom. The van der Waals surface area contributed by atoms with Crippen LogP contribution in [0.3, 0.4) is 0 Å². The van der Waals surface area contributed by atoms with E-state index in [0.717, 1.165) is 22.2 Å². The molecule has 0 fully saturated rings. The van der Waals surface area contributed by atoms with Crippen LogP contribution in [0.25, 0.3) is 22.2 Å². The first-order chi connectivity index (χ1) is 12.6. The number of H-pyrrole nitrogens is 1. The van der Waals surface area contributed by atoms with Crippen LogP contribution in [-0.4, -0.2) is 31.5 Å². The van der Waals surface area contributed by atoms with Gasteiger partial charge in [0.05, 0.1) is 16.8 Å². The number of benzene rings is 2. The van der Waals surface area contributed by atoms with Crippen LogP contribution < -0.4 is 5.32 Å². The molecule has 0 unspecified atom stereocenters. The molecule has 0 aliphatic rings. The summed E-state index contributed by atoms with van der Waals surface area (Å²) >= 11 is 0. The number of aromatic nitrogens is 5. The highest BCUT2D eigenvalue weighted by molar-refractivity contribution is 6.12. The molecular formula is C19H16N6O. The molecule has 0 spiro atoms. The molecule has 1 amide bonds. The van der Waals surface area contributed by atoms with Crippen LogP contribution in [0.1, 0.15) is 21.5 Å². The van der Waals surface area contributed by atoms with Gasteiger partial charge in [0.2, 0.25) is 0 Å². The van der Waals surface area contributed by atoms with Gasteiger partial charge in [0.1, 0.15) is 0 Å². The summed E-state index contributed by atoms with van der Waals surface area (Å²) in [6.45, 7) is 4.13. The van der Waals surface area contributed by atoms with Crippen LogP contribution in [0.15, 0.2) is 48.5 Å². The third-order valence-electron chi connectivity index (χ3n) is 4.33. The van der Waals surface area contributed by atoms with Gasteiger partial charge >= 0.3 is 0 Å². The van der Waals surface area contributed by atoms with E-state index in [9.17, 15) is 4.79 Å². The van der Waals surface area contributed by atoms with Gasteiger partial charge in [-0.2, -0.15) is 5.21 Å². The van der Waals surface area contributed by atoms with Crippen LogP contribution in [0.5, 0.6) is 0 Å². The van der Waals surface area contributed by atoms with Gasteiger partial charge in [-0.05, 0) is 48.4 Å². The van der Waals surface area contributed by atoms with Gasteiger partial charge in [0.25, 0.3) is 11.9 Å². The van der Waals surface area contributed by atoms with E-state index in [0.29, 0.717) is 5.56 Å². The van der Waals surface area contributed by atoms with Gasteiger partial charge in [0.15, 0.2) is 0 Å². The Morgan fingerprint density at radius 3 is 2.65 bits per heavy atom. The fourth-order valence-electron chi connectivity index (χ4n) is 2.80. The van der Waals surface area contributed by atoms with Crippen molar-refractivity contribution in [3.63, 3.8) is 0 Å². The molecule has 128 valence electrons. The average molecular weight is 344 g/mol. The molecule has 4 aromatic rings. The molecule has 7 nitrogen and oxygen atoms in total. The molecule has 26 heavy (non-hydrogen) atoms. The fraction of sp³-hybridized carbons (Fsp3) is 0.105. The van der Waals surface area contributed by atoms with Crippen molar-refractivity contribution in [3.8, 4) is 11.3 Å². The monoisotopic (exact) mass is 344 g/mol. The van der Waals surface area contributed by atoms with Gasteiger partial charge in [-0.25, -0.2) is 4.98 Å². The lowest BCUT2D eigenvalue weighted by Gasteiger charge is -2.10. The number of para-hydroxylation sites is 1. The fourth-order valence-corrected chi connectivity index (χ4v) is 2.80. The summed E-state index contributed by atoms with van der Waals surface area (Å²) in [4.78, 5) is 17.5. The van der Waals surface area contributed by atoms with Gasteiger partial charge < -0.3 is 0 Å². The summed E-state index contributed by atoms with van der Waals surface area (Å²) in [7, 11) is 0. The van der Waals surface area contributed by atoms with Crippen molar-refractivity contribution >= 4 is 22.8 Å². The maximum absolute atomic E-state index is 12.8. The van der Waals surface area contributed by atoms with Gasteiger partial charge in [-0.15, -0.1) is 5.10 Å². The minimum Gasteiger partial charge on any atom is -0.288 e. The molecule has 0 saturated carbocycles. The number of nitrogens with one attached hydrogen (secondary N) is 2. The number of aromatic amines is 1. The van der Waals surface area contributed by atoms with E-state index in [1.54, 1.807) is 6.07 Å². The predicted octanol–water partition coefficient (Wildman–Crippen LogP) is 3.28. The van der Waals surface area contributed by atoms with E-state index in [4.69, 9.17) is 4.98 Å². The van der Waals surface area contributed by atoms with E-state index in [-0.39, 0.29) is 11.9 Å². The van der Waals surface area contributed by atoms with Gasteiger partial charge in [-0.1, -0.05) is 35.4 Å². The lowest BCUT2D eigenvalue weighted by molar-refractivity contribution is 0.102. The molecule has 2 heterocycles. The first-order valence-corrected chi connectivity index (χ1v) is 8.14. The van der Waals surface area contributed by atoms with Crippen LogP contribution in [-0.2, 0) is 0 Å². The number of fused-ring (bicyclic) bond motifs is 1. The molecule has 0 aliphatic carbocycles. The molecular weight excluding hydrogens is 328 g/mol. The Bertz CT molecular complexity index is 1100. The number of tetrazole rings is 1. The molecule has 7 heteroatoms. The Balaban J connectivity index is 1.85. The number of aryl methyl sites for hydroxylation is 2. The van der Waals surface area contributed by atoms with E-state index in [1.807, 2.05) is 30.3 Å². The third kappa shape index (κ3) is 2.90. The number of amides is 1. The van der Waals surface area contributed by atoms with Crippen LogP contribution in [0.4, 0.5) is 5.95 Å². The zero-order valence-electron chi connectivity index (χ0n) is 14.3. The third-order valence-corrected chi connectivity index (χ3v) is 4.33. The normalized spacial score (nSPS) is 10.8. The zero-order chi connectivity index (χ0) is 18.1. The number of hydrogen-bond donors (Lipinski definition) is 2. The van der Waals surface area contributed by atoms with Gasteiger partial charge in [0, 0.05) is 10.9 Å². The standard InChI is InChI=1S/C19H16N6O/c1-11-7-8-13(9-12(11)2)17-10-15(14-5-3-4-6-16(14)20-17)18(26)21-19-22-24-25-23-19/h3-10H,1-2H3,(H2,21,22,23,24,25,26). The smallest absolute Gasteiger partial charge is 0.270 e. The second-order valence-corrected chi connectivity index (χ2v) is 6.06. The molecule has 0 atom stereocenters. The van der Waals surface area contributed by atoms with Crippen molar-refractivity contribution in [3.05, 3.63) is 65.2 Å². The number of rotatable bonds is 3. The Hall–Kier alpha value is -3.61. The number of pyridine rings is 1. The maximum Gasteiger partial charge on any atom is 0.270 e. The second-order valence-electron chi connectivity index (χ2n) is 6.06. The minimum absolute atomic E-state index is 0.128. The molecule has 0 aliphatic heterocycles. The summed E-state index contributed by atoms with van der Waals surface area (Å²) in [5.74, 6) is -0.182. The van der Waals surface area contributed by atoms with E-state index < -0.39 is 0 Å². The molecule has 2 N–H and O–H groups in total. The molecule has 0 radical (unpaired) electrons. The lowest BCUT2D eigenvalue weighted by Crippen LogP contribution is -2.14. The summed E-state index contributed by atoms with van der Waals surface area (Å²) in [5.41, 5.74) is 5.35. The van der Waals surface area contributed by atoms with Crippen molar-refractivity contribution in [2.75, 3.05) is 5.32 Å². The van der Waals surface area contributed by atoms with Crippen LogP contribution >= 0.6 is 0 Å². The Kier molecular flexibility index (Phi) is 3.89. The lowest BCUT2D eigenvalue weighted by atomic mass is 10.0. The van der Waals surface area contributed by atoms with Crippen LogP contribution in [0.2, 0.25) is 0 Å². The summed E-state index contributed by atoms with van der Waals surface area (Å²) in [6.07, 6.45) is 0. The molecule has 4 rings (SSSR count). The number of carbonyl (C=O) groups excluding carboxylic acids is 1. The SMILES string of the molecule is Cc1ccc(-c2cc(C(=O)Nc3nn[nH]n3)c3ccccc3n2)cc1C. The molecule has 2 aromatic heterocycles. The number of hydrogen-bond acceptors (Lipinski definition) is 5. The van der Waals surface area contributed by atoms with E-state index >= 15 is 0 Å². The summed E-state index contributed by atoms with van der Waals surface area (Å²) < 4.78 is 0.